The number of fused-ring (bicyclic) bond motifs is 1. The van der Waals surface area contributed by atoms with Crippen LogP contribution in [0.25, 0.3) is 22.2 Å². The Bertz CT molecular complexity index is 1670. The van der Waals surface area contributed by atoms with E-state index in [1.165, 1.54) is 18.3 Å². The van der Waals surface area contributed by atoms with E-state index in [-0.39, 0.29) is 36.3 Å². The van der Waals surface area contributed by atoms with Gasteiger partial charge in [0.2, 0.25) is 0 Å². The SMILES string of the molecule is Cc1cc(NS(=O)(=O)N2CC[C@@H](F)C2)c(F)c(C(=O)c2c[nH]c3ncc(-c4cnc(C5CC5)nc4)cc23)c1. The molecule has 4 aromatic rings. The van der Waals surface area contributed by atoms with E-state index in [4.69, 9.17) is 0 Å². The maximum absolute atomic E-state index is 15.6. The standard InChI is InChI=1S/C26H24F2N6O3S/c1-14-6-20(23(28)22(7-14)33-38(36,37)34-5-4-18(27)13-34)24(35)21-12-32-26-19(21)8-16(9-31-26)17-10-29-25(30-11-17)15-2-3-15/h6-12,15,18,33H,2-5,13H2,1H3,(H,31,32)/t18-/m1/s1. The molecule has 1 aliphatic heterocycles. The second kappa shape index (κ2) is 9.21. The average molecular weight is 539 g/mol. The van der Waals surface area contributed by atoms with Crippen molar-refractivity contribution in [2.45, 2.75) is 38.3 Å². The predicted molar refractivity (Wildman–Crippen MR) is 137 cm³/mol. The minimum Gasteiger partial charge on any atom is -0.345 e. The molecule has 12 heteroatoms. The van der Waals surface area contributed by atoms with Crippen LogP contribution in [0.4, 0.5) is 14.5 Å². The van der Waals surface area contributed by atoms with Gasteiger partial charge in [-0.2, -0.15) is 12.7 Å². The monoisotopic (exact) mass is 538 g/mol. The van der Waals surface area contributed by atoms with Gasteiger partial charge in [0.15, 0.2) is 11.6 Å². The fourth-order valence-corrected chi connectivity index (χ4v) is 5.91. The molecule has 0 unspecified atom stereocenters. The number of anilines is 1. The molecule has 1 saturated heterocycles. The molecule has 9 nitrogen and oxygen atoms in total. The summed E-state index contributed by atoms with van der Waals surface area (Å²) in [6, 6.07) is 4.43. The maximum Gasteiger partial charge on any atom is 0.301 e. The second-order valence-electron chi connectivity index (χ2n) is 9.78. The minimum absolute atomic E-state index is 0.00521. The van der Waals surface area contributed by atoms with Gasteiger partial charge in [-0.3, -0.25) is 9.52 Å². The van der Waals surface area contributed by atoms with Crippen molar-refractivity contribution in [3.63, 3.8) is 0 Å². The van der Waals surface area contributed by atoms with Crippen LogP contribution in [-0.2, 0) is 10.2 Å². The number of aryl methyl sites for hydroxylation is 1. The van der Waals surface area contributed by atoms with Crippen LogP contribution in [0.3, 0.4) is 0 Å². The molecule has 3 aromatic heterocycles. The quantitative estimate of drug-likeness (QED) is 0.339. The molecule has 0 radical (unpaired) electrons. The number of rotatable bonds is 7. The number of carbonyl (C=O) groups is 1. The van der Waals surface area contributed by atoms with Crippen LogP contribution >= 0.6 is 0 Å². The number of halogens is 2. The summed E-state index contributed by atoms with van der Waals surface area (Å²) in [6.07, 6.45) is 7.54. The third-order valence-electron chi connectivity index (χ3n) is 6.86. The highest BCUT2D eigenvalue weighted by atomic mass is 32.2. The highest BCUT2D eigenvalue weighted by Crippen LogP contribution is 2.38. The molecule has 1 saturated carbocycles. The van der Waals surface area contributed by atoms with Gasteiger partial charge in [-0.25, -0.2) is 23.7 Å². The first kappa shape index (κ1) is 24.6. The Balaban J connectivity index is 1.33. The summed E-state index contributed by atoms with van der Waals surface area (Å²) >= 11 is 0. The van der Waals surface area contributed by atoms with Gasteiger partial charge in [0.1, 0.15) is 17.6 Å². The van der Waals surface area contributed by atoms with Crippen molar-refractivity contribution in [3.8, 4) is 11.1 Å². The van der Waals surface area contributed by atoms with Crippen molar-refractivity contribution >= 4 is 32.7 Å². The lowest BCUT2D eigenvalue weighted by Crippen LogP contribution is -2.34. The van der Waals surface area contributed by atoms with Gasteiger partial charge in [0.05, 0.1) is 11.3 Å². The molecule has 38 heavy (non-hydrogen) atoms. The summed E-state index contributed by atoms with van der Waals surface area (Å²) in [4.78, 5) is 29.7. The van der Waals surface area contributed by atoms with Crippen molar-refractivity contribution < 1.29 is 22.0 Å². The normalized spacial score (nSPS) is 18.2. The van der Waals surface area contributed by atoms with E-state index >= 15 is 4.39 Å². The van der Waals surface area contributed by atoms with Crippen LogP contribution in [0.1, 0.15) is 52.5 Å². The zero-order valence-electron chi connectivity index (χ0n) is 20.4. The van der Waals surface area contributed by atoms with E-state index in [1.807, 2.05) is 0 Å². The molecule has 2 fully saturated rings. The highest BCUT2D eigenvalue weighted by Gasteiger charge is 2.32. The Kier molecular flexibility index (Phi) is 5.95. The van der Waals surface area contributed by atoms with Gasteiger partial charge in [0.25, 0.3) is 0 Å². The molecular formula is C26H24F2N6O3S. The molecule has 196 valence electrons. The van der Waals surface area contributed by atoms with Crippen LogP contribution < -0.4 is 4.72 Å². The van der Waals surface area contributed by atoms with Gasteiger partial charge < -0.3 is 4.98 Å². The Morgan fingerprint density at radius 2 is 1.79 bits per heavy atom. The summed E-state index contributed by atoms with van der Waals surface area (Å²) in [5.41, 5.74) is 1.86. The molecule has 0 amide bonds. The van der Waals surface area contributed by atoms with Gasteiger partial charge in [-0.15, -0.1) is 0 Å². The minimum atomic E-state index is -4.19. The number of pyridine rings is 1. The molecule has 1 aromatic carbocycles. The molecule has 2 N–H and O–H groups in total. The van der Waals surface area contributed by atoms with Gasteiger partial charge in [-0.05, 0) is 49.9 Å². The topological polar surface area (TPSA) is 121 Å². The number of carbonyl (C=O) groups excluding carboxylic acids is 1. The van der Waals surface area contributed by atoms with Gasteiger partial charge in [-0.1, -0.05) is 0 Å². The van der Waals surface area contributed by atoms with Crippen LogP contribution in [0.15, 0.2) is 43.0 Å². The van der Waals surface area contributed by atoms with E-state index in [0.29, 0.717) is 28.1 Å². The summed E-state index contributed by atoms with van der Waals surface area (Å²) < 4.78 is 57.6. The zero-order valence-corrected chi connectivity index (χ0v) is 21.2. The molecule has 4 heterocycles. The van der Waals surface area contributed by atoms with Gasteiger partial charge >= 0.3 is 10.2 Å². The number of aromatic amines is 1. The Morgan fingerprint density at radius 3 is 2.47 bits per heavy atom. The van der Waals surface area contributed by atoms with E-state index in [0.717, 1.165) is 28.5 Å². The Morgan fingerprint density at radius 1 is 1.05 bits per heavy atom. The Hall–Kier alpha value is -3.77. The molecule has 1 atom stereocenters. The first-order valence-corrected chi connectivity index (χ1v) is 13.7. The zero-order chi connectivity index (χ0) is 26.6. The van der Waals surface area contributed by atoms with Crippen LogP contribution in [0, 0.1) is 12.7 Å². The Labute approximate surface area is 217 Å². The number of aromatic nitrogens is 4. The van der Waals surface area contributed by atoms with Crippen LogP contribution in [-0.4, -0.2) is 57.7 Å². The summed E-state index contributed by atoms with van der Waals surface area (Å²) in [6.45, 7) is 1.32. The van der Waals surface area contributed by atoms with E-state index in [9.17, 15) is 17.6 Å². The lowest BCUT2D eigenvalue weighted by Gasteiger charge is -2.18. The van der Waals surface area contributed by atoms with Crippen molar-refractivity contribution in [1.29, 1.82) is 0 Å². The van der Waals surface area contributed by atoms with Crippen LogP contribution in [0.2, 0.25) is 0 Å². The van der Waals surface area contributed by atoms with E-state index < -0.39 is 28.0 Å². The second-order valence-corrected chi connectivity index (χ2v) is 11.5. The summed E-state index contributed by atoms with van der Waals surface area (Å²) in [7, 11) is -4.19. The fraction of sp³-hybridized carbons (Fsp3) is 0.308. The lowest BCUT2D eigenvalue weighted by molar-refractivity contribution is 0.103. The van der Waals surface area contributed by atoms with Crippen LogP contribution in [0.5, 0.6) is 0 Å². The van der Waals surface area contributed by atoms with E-state index in [1.54, 1.807) is 31.6 Å². The molecule has 0 bridgehead atoms. The number of alkyl halides is 1. The van der Waals surface area contributed by atoms with Crippen molar-refractivity contribution in [1.82, 2.24) is 24.2 Å². The lowest BCUT2D eigenvalue weighted by atomic mass is 9.99. The number of benzene rings is 1. The van der Waals surface area contributed by atoms with Crippen molar-refractivity contribution in [2.24, 2.45) is 0 Å². The average Bonchev–Trinajstić information content (AvgIpc) is 3.51. The smallest absolute Gasteiger partial charge is 0.301 e. The summed E-state index contributed by atoms with van der Waals surface area (Å²) in [5, 5.41) is 0.480. The van der Waals surface area contributed by atoms with Gasteiger partial charge in [0, 0.05) is 65.9 Å². The molecule has 6 rings (SSSR count). The largest absolute Gasteiger partial charge is 0.345 e. The predicted octanol–water partition coefficient (Wildman–Crippen LogP) is 4.28. The number of H-pyrrole nitrogens is 1. The highest BCUT2D eigenvalue weighted by molar-refractivity contribution is 7.90. The maximum atomic E-state index is 15.6. The third kappa shape index (κ3) is 4.54. The molecular weight excluding hydrogens is 514 g/mol. The first-order valence-electron chi connectivity index (χ1n) is 12.3. The molecule has 0 spiro atoms. The van der Waals surface area contributed by atoms with E-state index in [2.05, 4.69) is 24.7 Å². The summed E-state index contributed by atoms with van der Waals surface area (Å²) in [5.74, 6) is -0.408. The third-order valence-corrected chi connectivity index (χ3v) is 8.35. The number of ketones is 1. The number of nitrogens with one attached hydrogen (secondary N) is 2. The first-order chi connectivity index (χ1) is 18.2. The van der Waals surface area contributed by atoms with Crippen molar-refractivity contribution in [3.05, 3.63) is 71.3 Å². The fourth-order valence-electron chi connectivity index (χ4n) is 4.65. The molecule has 2 aliphatic rings. The number of nitrogens with zero attached hydrogens (tertiary/aromatic N) is 4. The van der Waals surface area contributed by atoms with Crippen molar-refractivity contribution in [2.75, 3.05) is 17.8 Å². The number of hydrogen-bond acceptors (Lipinski definition) is 6. The number of hydrogen-bond donors (Lipinski definition) is 2. The molecule has 1 aliphatic carbocycles.